The molecule has 2 aromatic carbocycles. The summed E-state index contributed by atoms with van der Waals surface area (Å²) in [7, 11) is 0. The first-order valence-electron chi connectivity index (χ1n) is 13.4. The summed E-state index contributed by atoms with van der Waals surface area (Å²) in [5, 5.41) is 5.10. The molecule has 4 heterocycles. The number of fused-ring (bicyclic) bond motifs is 4. The number of ether oxygens (including phenoxy) is 2. The number of hydrogen-bond acceptors (Lipinski definition) is 5. The minimum atomic E-state index is -0.340. The van der Waals surface area contributed by atoms with E-state index in [1.165, 1.54) is 34.9 Å². The Balaban J connectivity index is 1.04. The molecule has 4 aliphatic rings. The van der Waals surface area contributed by atoms with Crippen LogP contribution in [0.15, 0.2) is 66.4 Å². The highest BCUT2D eigenvalue weighted by Crippen LogP contribution is 2.53. The monoisotopic (exact) mass is 483 g/mol. The Hall–Kier alpha value is -3.09. The van der Waals surface area contributed by atoms with E-state index < -0.39 is 0 Å². The van der Waals surface area contributed by atoms with Gasteiger partial charge in [-0.15, -0.1) is 0 Å². The van der Waals surface area contributed by atoms with Crippen molar-refractivity contribution in [3.05, 3.63) is 77.5 Å². The summed E-state index contributed by atoms with van der Waals surface area (Å²) in [6.07, 6.45) is 10.3. The number of nitrogens with zero attached hydrogens (tertiary/aromatic N) is 1. The zero-order valence-electron chi connectivity index (χ0n) is 20.5. The predicted molar refractivity (Wildman–Crippen MR) is 139 cm³/mol. The molecule has 1 spiro atoms. The fourth-order valence-corrected chi connectivity index (χ4v) is 7.18. The van der Waals surface area contributed by atoms with Crippen molar-refractivity contribution in [3.63, 3.8) is 0 Å². The molecule has 4 unspecified atom stereocenters. The second-order valence-corrected chi connectivity index (χ2v) is 10.8. The molecule has 1 saturated carbocycles. The molecule has 0 radical (unpaired) electrons. The van der Waals surface area contributed by atoms with Crippen molar-refractivity contribution in [3.8, 4) is 5.75 Å². The van der Waals surface area contributed by atoms with Gasteiger partial charge < -0.3 is 19.8 Å². The molecule has 3 aromatic rings. The molecule has 1 aliphatic carbocycles. The van der Waals surface area contributed by atoms with Crippen LogP contribution in [0.1, 0.15) is 43.2 Å². The van der Waals surface area contributed by atoms with Crippen molar-refractivity contribution in [2.75, 3.05) is 13.1 Å². The molecule has 2 bridgehead atoms. The highest BCUT2D eigenvalue weighted by Gasteiger charge is 2.63. The van der Waals surface area contributed by atoms with Crippen LogP contribution in [0, 0.1) is 0 Å². The van der Waals surface area contributed by atoms with Gasteiger partial charge in [0.2, 0.25) is 0 Å². The van der Waals surface area contributed by atoms with Crippen LogP contribution in [0.2, 0.25) is 0 Å². The Morgan fingerprint density at radius 2 is 2.08 bits per heavy atom. The van der Waals surface area contributed by atoms with Crippen LogP contribution in [0.25, 0.3) is 10.9 Å². The lowest BCUT2D eigenvalue weighted by Crippen LogP contribution is -2.50. The number of carbonyl (C=O) groups excluding carboxylic acids is 1. The molecule has 4 atom stereocenters. The molecule has 2 N–H and O–H groups in total. The lowest BCUT2D eigenvalue weighted by atomic mass is 9.75. The minimum absolute atomic E-state index is 0.138. The summed E-state index contributed by atoms with van der Waals surface area (Å²) in [6, 6.07) is 17.7. The maximum Gasteiger partial charge on any atom is 0.331 e. The number of nitrogens with one attached hydrogen (secondary N) is 2. The first-order chi connectivity index (χ1) is 17.7. The number of H-pyrrole nitrogens is 1. The van der Waals surface area contributed by atoms with Crippen LogP contribution < -0.4 is 10.1 Å². The number of rotatable bonds is 7. The molecule has 0 amide bonds. The summed E-state index contributed by atoms with van der Waals surface area (Å²) in [6.45, 7) is 2.59. The average Bonchev–Trinajstić information content (AvgIpc) is 3.55. The van der Waals surface area contributed by atoms with E-state index in [2.05, 4.69) is 45.7 Å². The highest BCUT2D eigenvalue weighted by molar-refractivity contribution is 5.87. The van der Waals surface area contributed by atoms with E-state index in [0.29, 0.717) is 24.7 Å². The Bertz CT molecular complexity index is 1320. The van der Waals surface area contributed by atoms with Crippen molar-refractivity contribution < 1.29 is 14.3 Å². The minimum Gasteiger partial charge on any atom is -0.489 e. The predicted octanol–water partition coefficient (Wildman–Crippen LogP) is 4.50. The Morgan fingerprint density at radius 1 is 1.17 bits per heavy atom. The van der Waals surface area contributed by atoms with Gasteiger partial charge in [0.15, 0.2) is 5.60 Å². The van der Waals surface area contributed by atoms with Gasteiger partial charge >= 0.3 is 5.97 Å². The van der Waals surface area contributed by atoms with Crippen LogP contribution in [0.3, 0.4) is 0 Å². The van der Waals surface area contributed by atoms with Gasteiger partial charge in [-0.25, -0.2) is 4.79 Å². The highest BCUT2D eigenvalue weighted by atomic mass is 16.6. The van der Waals surface area contributed by atoms with Crippen molar-refractivity contribution >= 4 is 16.9 Å². The van der Waals surface area contributed by atoms with Crippen LogP contribution in [0.5, 0.6) is 5.75 Å². The van der Waals surface area contributed by atoms with Gasteiger partial charge in [-0.1, -0.05) is 36.8 Å². The largest absolute Gasteiger partial charge is 0.489 e. The lowest BCUT2D eigenvalue weighted by Gasteiger charge is -2.38. The molecule has 36 heavy (non-hydrogen) atoms. The average molecular weight is 484 g/mol. The number of aromatic amines is 1. The number of benzene rings is 2. The molecule has 3 fully saturated rings. The van der Waals surface area contributed by atoms with Gasteiger partial charge in [-0.05, 0) is 73.7 Å². The van der Waals surface area contributed by atoms with E-state index >= 15 is 0 Å². The van der Waals surface area contributed by atoms with E-state index in [1.807, 2.05) is 24.3 Å². The Labute approximate surface area is 211 Å². The van der Waals surface area contributed by atoms with Gasteiger partial charge in [-0.2, -0.15) is 0 Å². The van der Waals surface area contributed by atoms with Gasteiger partial charge in [0.1, 0.15) is 12.4 Å². The molecule has 6 heteroatoms. The van der Waals surface area contributed by atoms with Crippen LogP contribution >= 0.6 is 0 Å². The summed E-state index contributed by atoms with van der Waals surface area (Å²) >= 11 is 0. The molecule has 7 rings (SSSR count). The third kappa shape index (κ3) is 3.66. The number of carbonyl (C=O) groups is 1. The third-order valence-electron chi connectivity index (χ3n) is 8.83. The van der Waals surface area contributed by atoms with Crippen molar-refractivity contribution in [2.24, 2.45) is 0 Å². The van der Waals surface area contributed by atoms with Gasteiger partial charge in [0.25, 0.3) is 0 Å². The zero-order chi connectivity index (χ0) is 24.1. The third-order valence-corrected chi connectivity index (χ3v) is 8.83. The van der Waals surface area contributed by atoms with Crippen LogP contribution in [-0.4, -0.2) is 52.7 Å². The molecule has 1 aromatic heterocycles. The molecular formula is C30H33N3O3. The SMILES string of the molecule is O=C1C=C2CC(NCCc3c[nH]c4ccc(OCc5ccccc5)cc34)C3CC2(O1)C1CCCCN31. The smallest absolute Gasteiger partial charge is 0.331 e. The van der Waals surface area contributed by atoms with Gasteiger partial charge in [-0.3, -0.25) is 4.90 Å². The molecule has 6 nitrogen and oxygen atoms in total. The normalized spacial score (nSPS) is 29.1. The van der Waals surface area contributed by atoms with Crippen molar-refractivity contribution in [2.45, 2.75) is 68.9 Å². The maximum absolute atomic E-state index is 12.3. The number of piperidine rings is 1. The molecule has 3 aliphatic heterocycles. The fourth-order valence-electron chi connectivity index (χ4n) is 7.18. The molecule has 2 saturated heterocycles. The second-order valence-electron chi connectivity index (χ2n) is 10.8. The standard InChI is InChI=1S/C30H33N3O3/c34-29-15-22-14-26(27-17-30(22,36-29)28-8-4-5-13-33(27)28)31-12-11-21-18-32-25-10-9-23(16-24(21)25)35-19-20-6-2-1-3-7-20/h1-3,6-7,9-10,15-16,18,26-28,31-32H,4-5,8,11-14,17,19H2. The molecule has 186 valence electrons. The van der Waals surface area contributed by atoms with Crippen molar-refractivity contribution in [1.29, 1.82) is 0 Å². The topological polar surface area (TPSA) is 66.6 Å². The zero-order valence-corrected chi connectivity index (χ0v) is 20.5. The number of esters is 1. The summed E-state index contributed by atoms with van der Waals surface area (Å²) in [5.74, 6) is 0.754. The second kappa shape index (κ2) is 8.79. The Kier molecular flexibility index (Phi) is 5.40. The van der Waals surface area contributed by atoms with Gasteiger partial charge in [0.05, 0.1) is 6.04 Å². The number of hydrogen-bond donors (Lipinski definition) is 2. The first-order valence-corrected chi connectivity index (χ1v) is 13.4. The first kappa shape index (κ1) is 22.1. The summed E-state index contributed by atoms with van der Waals surface area (Å²) in [5.41, 5.74) is 4.49. The Morgan fingerprint density at radius 3 is 3.00 bits per heavy atom. The number of aromatic nitrogens is 1. The molecular weight excluding hydrogens is 450 g/mol. The van der Waals surface area contributed by atoms with Crippen LogP contribution in [-0.2, 0) is 22.6 Å². The quantitative estimate of drug-likeness (QED) is 0.485. The maximum atomic E-state index is 12.3. The van der Waals surface area contributed by atoms with E-state index in [9.17, 15) is 4.79 Å². The summed E-state index contributed by atoms with van der Waals surface area (Å²) in [4.78, 5) is 18.3. The summed E-state index contributed by atoms with van der Waals surface area (Å²) < 4.78 is 12.1. The fraction of sp³-hybridized carbons (Fsp3) is 0.433. The van der Waals surface area contributed by atoms with E-state index in [-0.39, 0.29) is 11.6 Å². The van der Waals surface area contributed by atoms with E-state index in [4.69, 9.17) is 9.47 Å². The van der Waals surface area contributed by atoms with Gasteiger partial charge in [0, 0.05) is 41.7 Å². The lowest BCUT2D eigenvalue weighted by molar-refractivity contribution is -0.148. The van der Waals surface area contributed by atoms with Crippen LogP contribution in [0.4, 0.5) is 0 Å². The van der Waals surface area contributed by atoms with E-state index in [1.54, 1.807) is 6.08 Å². The van der Waals surface area contributed by atoms with Crippen molar-refractivity contribution in [1.82, 2.24) is 15.2 Å². The van der Waals surface area contributed by atoms with E-state index in [0.717, 1.165) is 50.0 Å².